The van der Waals surface area contributed by atoms with Gasteiger partial charge in [0, 0.05) is 30.9 Å². The zero-order valence-electron chi connectivity index (χ0n) is 11.3. The van der Waals surface area contributed by atoms with Crippen LogP contribution in [0.2, 0.25) is 0 Å². The summed E-state index contributed by atoms with van der Waals surface area (Å²) < 4.78 is 29.3. The molecule has 0 aliphatic rings. The summed E-state index contributed by atoms with van der Waals surface area (Å²) in [4.78, 5) is 4.23. The first kappa shape index (κ1) is 13.8. The molecule has 108 valence electrons. The third kappa shape index (κ3) is 2.96. The van der Waals surface area contributed by atoms with Crippen LogP contribution in [0.5, 0.6) is 0 Å². The number of sulfonamides is 1. The number of rotatable bonds is 5. The highest BCUT2D eigenvalue weighted by atomic mass is 32.2. The van der Waals surface area contributed by atoms with Crippen molar-refractivity contribution in [2.24, 2.45) is 0 Å². The van der Waals surface area contributed by atoms with Crippen LogP contribution >= 0.6 is 0 Å². The summed E-state index contributed by atoms with van der Waals surface area (Å²) in [5.41, 5.74) is 0. The number of benzene rings is 2. The summed E-state index contributed by atoms with van der Waals surface area (Å²) in [7, 11) is -3.52. The Balaban J connectivity index is 1.83. The molecule has 6 heteroatoms. The molecule has 2 aromatic carbocycles. The smallest absolute Gasteiger partial charge is 0.241 e. The fourth-order valence-corrected chi connectivity index (χ4v) is 3.48. The maximum absolute atomic E-state index is 12.4. The van der Waals surface area contributed by atoms with E-state index in [2.05, 4.69) is 9.71 Å². The molecule has 1 aromatic heterocycles. The predicted molar refractivity (Wildman–Crippen MR) is 81.4 cm³/mol. The number of hydrogen-bond donors (Lipinski definition) is 1. The molecule has 0 amide bonds. The van der Waals surface area contributed by atoms with Crippen LogP contribution in [-0.2, 0) is 16.6 Å². The number of aromatic nitrogens is 2. The van der Waals surface area contributed by atoms with E-state index in [4.69, 9.17) is 0 Å². The molecule has 0 aliphatic carbocycles. The first-order valence-corrected chi connectivity index (χ1v) is 8.08. The van der Waals surface area contributed by atoms with Crippen molar-refractivity contribution in [3.8, 4) is 0 Å². The van der Waals surface area contributed by atoms with Gasteiger partial charge in [0.2, 0.25) is 10.0 Å². The molecule has 5 nitrogen and oxygen atoms in total. The van der Waals surface area contributed by atoms with Crippen molar-refractivity contribution in [1.29, 1.82) is 0 Å². The fraction of sp³-hybridized carbons (Fsp3) is 0.133. The number of nitrogens with one attached hydrogen (secondary N) is 1. The van der Waals surface area contributed by atoms with Gasteiger partial charge < -0.3 is 4.57 Å². The third-order valence-corrected chi connectivity index (χ3v) is 4.78. The first-order valence-electron chi connectivity index (χ1n) is 6.60. The molecule has 3 rings (SSSR count). The Hall–Kier alpha value is -2.18. The molecule has 0 saturated carbocycles. The van der Waals surface area contributed by atoms with Gasteiger partial charge in [-0.2, -0.15) is 0 Å². The van der Waals surface area contributed by atoms with Gasteiger partial charge in [-0.25, -0.2) is 18.1 Å². The van der Waals surface area contributed by atoms with Gasteiger partial charge in [-0.3, -0.25) is 0 Å². The van der Waals surface area contributed by atoms with Crippen molar-refractivity contribution < 1.29 is 8.42 Å². The van der Waals surface area contributed by atoms with E-state index >= 15 is 0 Å². The molecular weight excluding hydrogens is 286 g/mol. The largest absolute Gasteiger partial charge is 0.336 e. The van der Waals surface area contributed by atoms with E-state index < -0.39 is 10.0 Å². The minimum Gasteiger partial charge on any atom is -0.336 e. The second-order valence-electron chi connectivity index (χ2n) is 4.68. The Morgan fingerprint density at radius 2 is 1.90 bits per heavy atom. The van der Waals surface area contributed by atoms with Gasteiger partial charge in [0.05, 0.1) is 11.2 Å². The predicted octanol–water partition coefficient (Wildman–Crippen LogP) is 2.01. The van der Waals surface area contributed by atoms with E-state index in [-0.39, 0.29) is 0 Å². The average Bonchev–Trinajstić information content (AvgIpc) is 3.00. The summed E-state index contributed by atoms with van der Waals surface area (Å²) in [6, 6.07) is 12.7. The molecule has 1 heterocycles. The SMILES string of the molecule is O=S(=O)(NCCn1ccnc1)c1cccc2ccccc12. The van der Waals surface area contributed by atoms with Crippen molar-refractivity contribution in [3.63, 3.8) is 0 Å². The van der Waals surface area contributed by atoms with Crippen molar-refractivity contribution in [1.82, 2.24) is 14.3 Å². The van der Waals surface area contributed by atoms with Crippen molar-refractivity contribution in [2.45, 2.75) is 11.4 Å². The summed E-state index contributed by atoms with van der Waals surface area (Å²) in [6.07, 6.45) is 5.12. The second kappa shape index (κ2) is 5.67. The standard InChI is InChI=1S/C15H15N3O2S/c19-21(20,17-9-11-18-10-8-16-12-18)15-7-3-5-13-4-1-2-6-14(13)15/h1-8,10,12,17H,9,11H2. The number of hydrogen-bond acceptors (Lipinski definition) is 3. The molecule has 21 heavy (non-hydrogen) atoms. The highest BCUT2D eigenvalue weighted by Crippen LogP contribution is 2.22. The third-order valence-electron chi connectivity index (χ3n) is 3.26. The highest BCUT2D eigenvalue weighted by Gasteiger charge is 2.16. The van der Waals surface area contributed by atoms with Gasteiger partial charge in [-0.1, -0.05) is 36.4 Å². The van der Waals surface area contributed by atoms with E-state index in [0.29, 0.717) is 18.0 Å². The minimum absolute atomic E-state index is 0.311. The molecule has 0 atom stereocenters. The van der Waals surface area contributed by atoms with E-state index in [1.807, 2.05) is 34.9 Å². The molecule has 0 fully saturated rings. The van der Waals surface area contributed by atoms with Crippen LogP contribution in [0.4, 0.5) is 0 Å². The Labute approximate surface area is 123 Å². The van der Waals surface area contributed by atoms with Crippen LogP contribution in [0.1, 0.15) is 0 Å². The zero-order valence-corrected chi connectivity index (χ0v) is 12.1. The topological polar surface area (TPSA) is 64.0 Å². The quantitative estimate of drug-likeness (QED) is 0.784. The summed E-state index contributed by atoms with van der Waals surface area (Å²) in [6.45, 7) is 0.867. The molecule has 3 aromatic rings. The van der Waals surface area contributed by atoms with Gasteiger partial charge in [0.15, 0.2) is 0 Å². The monoisotopic (exact) mass is 301 g/mol. The first-order chi connectivity index (χ1) is 10.2. The van der Waals surface area contributed by atoms with Crippen LogP contribution in [0.3, 0.4) is 0 Å². The number of imidazole rings is 1. The number of nitrogens with zero attached hydrogens (tertiary/aromatic N) is 2. The highest BCUT2D eigenvalue weighted by molar-refractivity contribution is 7.89. The lowest BCUT2D eigenvalue weighted by atomic mass is 10.1. The maximum Gasteiger partial charge on any atom is 0.241 e. The Bertz CT molecular complexity index is 837. The van der Waals surface area contributed by atoms with Crippen LogP contribution in [0.15, 0.2) is 66.1 Å². The zero-order chi connectivity index (χ0) is 14.7. The molecule has 0 spiro atoms. The van der Waals surface area contributed by atoms with Crippen molar-refractivity contribution in [3.05, 3.63) is 61.2 Å². The second-order valence-corrected chi connectivity index (χ2v) is 6.41. The average molecular weight is 301 g/mol. The maximum atomic E-state index is 12.4. The molecule has 0 saturated heterocycles. The van der Waals surface area contributed by atoms with E-state index in [1.165, 1.54) is 0 Å². The molecule has 0 unspecified atom stereocenters. The fourth-order valence-electron chi connectivity index (χ4n) is 2.24. The van der Waals surface area contributed by atoms with E-state index in [1.54, 1.807) is 30.9 Å². The van der Waals surface area contributed by atoms with Gasteiger partial charge in [0.25, 0.3) is 0 Å². The van der Waals surface area contributed by atoms with Crippen LogP contribution in [-0.4, -0.2) is 24.5 Å². The Morgan fingerprint density at radius 1 is 1.10 bits per heavy atom. The van der Waals surface area contributed by atoms with Gasteiger partial charge in [-0.15, -0.1) is 0 Å². The molecule has 0 radical (unpaired) electrons. The Morgan fingerprint density at radius 3 is 2.71 bits per heavy atom. The van der Waals surface area contributed by atoms with Crippen molar-refractivity contribution in [2.75, 3.05) is 6.54 Å². The lowest BCUT2D eigenvalue weighted by Crippen LogP contribution is -2.27. The normalized spacial score (nSPS) is 11.8. The van der Waals surface area contributed by atoms with Crippen molar-refractivity contribution >= 4 is 20.8 Å². The summed E-state index contributed by atoms with van der Waals surface area (Å²) in [5.74, 6) is 0. The lowest BCUT2D eigenvalue weighted by molar-refractivity contribution is 0.573. The van der Waals surface area contributed by atoms with Crippen LogP contribution in [0.25, 0.3) is 10.8 Å². The summed E-state index contributed by atoms with van der Waals surface area (Å²) >= 11 is 0. The van der Waals surface area contributed by atoms with Crippen LogP contribution in [0, 0.1) is 0 Å². The molecule has 0 bridgehead atoms. The van der Waals surface area contributed by atoms with Gasteiger partial charge in [-0.05, 0) is 11.5 Å². The Kier molecular flexibility index (Phi) is 3.72. The summed E-state index contributed by atoms with van der Waals surface area (Å²) in [5, 5.41) is 1.64. The molecule has 0 aliphatic heterocycles. The minimum atomic E-state index is -3.52. The molecule has 1 N–H and O–H groups in total. The lowest BCUT2D eigenvalue weighted by Gasteiger charge is -2.09. The van der Waals surface area contributed by atoms with E-state index in [0.717, 1.165) is 10.8 Å². The molecular formula is C15H15N3O2S. The number of fused-ring (bicyclic) bond motifs is 1. The van der Waals surface area contributed by atoms with Gasteiger partial charge >= 0.3 is 0 Å². The van der Waals surface area contributed by atoms with Crippen LogP contribution < -0.4 is 4.72 Å². The van der Waals surface area contributed by atoms with Gasteiger partial charge in [0.1, 0.15) is 0 Å². The van der Waals surface area contributed by atoms with E-state index in [9.17, 15) is 8.42 Å².